The number of amides is 1. The van der Waals surface area contributed by atoms with Gasteiger partial charge in [0.05, 0.1) is 13.2 Å². The highest BCUT2D eigenvalue weighted by atomic mass is 16.7. The summed E-state index contributed by atoms with van der Waals surface area (Å²) in [5.41, 5.74) is 2.75. The number of ether oxygens (including phenoxy) is 2. The molecule has 4 rings (SSSR count). The first-order valence-electron chi connectivity index (χ1n) is 10.0. The number of hydrogen-bond donors (Lipinski definition) is 0. The summed E-state index contributed by atoms with van der Waals surface area (Å²) in [5.74, 6) is -0.494. The van der Waals surface area contributed by atoms with Gasteiger partial charge in [-0.05, 0) is 24.6 Å². The van der Waals surface area contributed by atoms with Gasteiger partial charge in [0.25, 0.3) is 5.91 Å². The number of hydrogen-bond acceptors (Lipinski definition) is 5. The predicted octanol–water partition coefficient (Wildman–Crippen LogP) is 3.09. The predicted molar refractivity (Wildman–Crippen MR) is 107 cm³/mol. The summed E-state index contributed by atoms with van der Waals surface area (Å²) in [5, 5.41) is 0. The number of carbonyl (C=O) groups is 1. The average Bonchev–Trinajstić information content (AvgIpc) is 3.21. The molecule has 0 bridgehead atoms. The van der Waals surface area contributed by atoms with Crippen LogP contribution in [0.4, 0.5) is 5.69 Å². The van der Waals surface area contributed by atoms with Crippen LogP contribution in [-0.2, 0) is 16.0 Å². The van der Waals surface area contributed by atoms with Gasteiger partial charge in [-0.1, -0.05) is 30.3 Å². The van der Waals surface area contributed by atoms with E-state index in [-0.39, 0.29) is 5.91 Å². The maximum Gasteiger partial charge on any atom is 0.272 e. The van der Waals surface area contributed by atoms with Crippen LogP contribution in [0.15, 0.2) is 48.7 Å². The minimum Gasteiger partial charge on any atom is -0.367 e. The molecule has 2 fully saturated rings. The number of likely N-dealkylation sites (tertiary alicyclic amines) is 1. The van der Waals surface area contributed by atoms with Crippen LogP contribution in [0.5, 0.6) is 0 Å². The van der Waals surface area contributed by atoms with E-state index in [1.807, 2.05) is 35.2 Å². The molecule has 148 valence electrons. The molecule has 2 aromatic rings. The molecule has 0 N–H and O–H groups in total. The largest absolute Gasteiger partial charge is 0.367 e. The summed E-state index contributed by atoms with van der Waals surface area (Å²) >= 11 is 0. The molecule has 2 saturated heterocycles. The lowest BCUT2D eigenvalue weighted by Crippen LogP contribution is -2.47. The van der Waals surface area contributed by atoms with E-state index in [2.05, 4.69) is 28.9 Å². The Hall–Kier alpha value is -2.44. The van der Waals surface area contributed by atoms with E-state index in [1.165, 1.54) is 5.56 Å². The summed E-state index contributed by atoms with van der Waals surface area (Å²) in [6.07, 6.45) is 3.16. The molecule has 0 unspecified atom stereocenters. The third kappa shape index (κ3) is 4.03. The molecule has 1 aromatic heterocycles. The minimum absolute atomic E-state index is 0.0227. The Kier molecular flexibility index (Phi) is 5.59. The Labute approximate surface area is 166 Å². The van der Waals surface area contributed by atoms with Gasteiger partial charge < -0.3 is 19.3 Å². The van der Waals surface area contributed by atoms with Crippen LogP contribution in [0.1, 0.15) is 35.8 Å². The molecule has 0 aliphatic carbocycles. The standard InChI is InChI=1S/C22H27N3O3/c1-2-24(17-18-6-4-3-5-7-18)19-8-11-23-20(16-19)21(26)25-12-9-22(10-13-25)27-14-15-28-22/h3-8,11,16H,2,9-10,12-15,17H2,1H3. The van der Waals surface area contributed by atoms with Gasteiger partial charge in [-0.2, -0.15) is 0 Å². The molecule has 1 amide bonds. The van der Waals surface area contributed by atoms with Crippen LogP contribution in [0.25, 0.3) is 0 Å². The van der Waals surface area contributed by atoms with Gasteiger partial charge in [0.15, 0.2) is 5.79 Å². The molecule has 1 aromatic carbocycles. The van der Waals surface area contributed by atoms with Crippen LogP contribution >= 0.6 is 0 Å². The molecular weight excluding hydrogens is 354 g/mol. The van der Waals surface area contributed by atoms with Gasteiger partial charge in [0, 0.05) is 50.9 Å². The maximum atomic E-state index is 13.0. The second-order valence-electron chi connectivity index (χ2n) is 7.30. The number of rotatable bonds is 5. The molecule has 2 aliphatic heterocycles. The Balaban J connectivity index is 1.44. The van der Waals surface area contributed by atoms with Crippen LogP contribution in [0.2, 0.25) is 0 Å². The summed E-state index contributed by atoms with van der Waals surface area (Å²) < 4.78 is 11.5. The third-order valence-corrected chi connectivity index (χ3v) is 5.55. The second-order valence-corrected chi connectivity index (χ2v) is 7.30. The van der Waals surface area contributed by atoms with Crippen LogP contribution in [-0.4, -0.2) is 54.4 Å². The Morgan fingerprint density at radius 1 is 1.14 bits per heavy atom. The highest BCUT2D eigenvalue weighted by molar-refractivity contribution is 5.93. The zero-order chi connectivity index (χ0) is 19.4. The SMILES string of the molecule is CCN(Cc1ccccc1)c1ccnc(C(=O)N2CCC3(CC2)OCCO3)c1. The lowest BCUT2D eigenvalue weighted by molar-refractivity contribution is -0.181. The van der Waals surface area contributed by atoms with Crippen molar-refractivity contribution >= 4 is 11.6 Å². The third-order valence-electron chi connectivity index (χ3n) is 5.55. The number of benzene rings is 1. The summed E-state index contributed by atoms with van der Waals surface area (Å²) in [6, 6.07) is 14.2. The quantitative estimate of drug-likeness (QED) is 0.797. The van der Waals surface area contributed by atoms with Crippen molar-refractivity contribution in [1.29, 1.82) is 0 Å². The number of pyridine rings is 1. The van der Waals surface area contributed by atoms with Gasteiger partial charge >= 0.3 is 0 Å². The van der Waals surface area contributed by atoms with Crippen molar-refractivity contribution in [1.82, 2.24) is 9.88 Å². The fraction of sp³-hybridized carbons (Fsp3) is 0.455. The van der Waals surface area contributed by atoms with Crippen molar-refractivity contribution in [2.75, 3.05) is 37.7 Å². The number of anilines is 1. The summed E-state index contributed by atoms with van der Waals surface area (Å²) in [7, 11) is 0. The fourth-order valence-electron chi connectivity index (χ4n) is 3.92. The molecule has 3 heterocycles. The van der Waals surface area contributed by atoms with E-state index in [0.29, 0.717) is 44.8 Å². The molecule has 0 radical (unpaired) electrons. The number of piperidine rings is 1. The van der Waals surface area contributed by atoms with Crippen molar-refractivity contribution in [2.24, 2.45) is 0 Å². The number of nitrogens with zero attached hydrogens (tertiary/aromatic N) is 3. The molecule has 0 saturated carbocycles. The van der Waals surface area contributed by atoms with Gasteiger partial charge in [-0.15, -0.1) is 0 Å². The molecule has 28 heavy (non-hydrogen) atoms. The van der Waals surface area contributed by atoms with Gasteiger partial charge in [0.1, 0.15) is 5.69 Å². The molecule has 1 spiro atoms. The van der Waals surface area contributed by atoms with E-state index in [0.717, 1.165) is 18.8 Å². The Morgan fingerprint density at radius 2 is 1.86 bits per heavy atom. The second kappa shape index (κ2) is 8.29. The van der Waals surface area contributed by atoms with E-state index in [4.69, 9.17) is 9.47 Å². The lowest BCUT2D eigenvalue weighted by atomic mass is 10.0. The van der Waals surface area contributed by atoms with E-state index in [1.54, 1.807) is 6.20 Å². The van der Waals surface area contributed by atoms with Crippen molar-refractivity contribution in [3.05, 3.63) is 59.9 Å². The van der Waals surface area contributed by atoms with Gasteiger partial charge in [-0.3, -0.25) is 9.78 Å². The molecule has 2 aliphatic rings. The minimum atomic E-state index is -0.471. The highest BCUT2D eigenvalue weighted by Crippen LogP contribution is 2.31. The van der Waals surface area contributed by atoms with Crippen LogP contribution < -0.4 is 4.90 Å². The maximum absolute atomic E-state index is 13.0. The first kappa shape index (κ1) is 18.9. The Bertz CT molecular complexity index is 796. The summed E-state index contributed by atoms with van der Waals surface area (Å²) in [6.45, 7) is 6.33. The fourth-order valence-corrected chi connectivity index (χ4v) is 3.92. The average molecular weight is 381 g/mol. The summed E-state index contributed by atoms with van der Waals surface area (Å²) in [4.78, 5) is 21.4. The molecular formula is C22H27N3O3. The van der Waals surface area contributed by atoms with E-state index < -0.39 is 5.79 Å². The first-order valence-corrected chi connectivity index (χ1v) is 10.0. The van der Waals surface area contributed by atoms with Crippen LogP contribution in [0.3, 0.4) is 0 Å². The van der Waals surface area contributed by atoms with Crippen molar-refractivity contribution < 1.29 is 14.3 Å². The van der Waals surface area contributed by atoms with Crippen molar-refractivity contribution in [3.8, 4) is 0 Å². The molecule has 6 heteroatoms. The Morgan fingerprint density at radius 3 is 2.54 bits per heavy atom. The van der Waals surface area contributed by atoms with Crippen molar-refractivity contribution in [3.63, 3.8) is 0 Å². The van der Waals surface area contributed by atoms with Gasteiger partial charge in [-0.25, -0.2) is 0 Å². The topological polar surface area (TPSA) is 54.9 Å². The lowest BCUT2D eigenvalue weighted by Gasteiger charge is -2.37. The van der Waals surface area contributed by atoms with E-state index >= 15 is 0 Å². The number of carbonyl (C=O) groups excluding carboxylic acids is 1. The zero-order valence-corrected chi connectivity index (χ0v) is 16.3. The van der Waals surface area contributed by atoms with Gasteiger partial charge in [0.2, 0.25) is 0 Å². The van der Waals surface area contributed by atoms with Crippen molar-refractivity contribution in [2.45, 2.75) is 32.1 Å². The monoisotopic (exact) mass is 381 g/mol. The normalized spacial score (nSPS) is 18.4. The highest BCUT2D eigenvalue weighted by Gasteiger charge is 2.41. The first-order chi connectivity index (χ1) is 13.7. The van der Waals surface area contributed by atoms with E-state index in [9.17, 15) is 4.79 Å². The van der Waals surface area contributed by atoms with Crippen LogP contribution in [0, 0.1) is 0 Å². The number of aromatic nitrogens is 1. The molecule has 0 atom stereocenters. The smallest absolute Gasteiger partial charge is 0.272 e. The zero-order valence-electron chi connectivity index (χ0n) is 16.3. The molecule has 6 nitrogen and oxygen atoms in total.